The first-order valence-corrected chi connectivity index (χ1v) is 6.57. The van der Waals surface area contributed by atoms with Gasteiger partial charge in [-0.25, -0.2) is 4.39 Å². The number of nitrogens with zero attached hydrogens (tertiary/aromatic N) is 1. The van der Waals surface area contributed by atoms with Gasteiger partial charge in [0.15, 0.2) is 0 Å². The molecule has 0 atom stereocenters. The molecule has 110 valence electrons. The summed E-state index contributed by atoms with van der Waals surface area (Å²) in [6.45, 7) is 0.657. The quantitative estimate of drug-likeness (QED) is 0.722. The Balaban J connectivity index is 2.23. The van der Waals surface area contributed by atoms with E-state index in [0.717, 1.165) is 0 Å². The minimum atomic E-state index is -0.627. The SMILES string of the molecule is O=C1CCN(C(=O)c2cc(C#CCO)ccc2F)CCN1. The van der Waals surface area contributed by atoms with Crippen molar-refractivity contribution in [1.82, 2.24) is 10.2 Å². The number of nitrogens with one attached hydrogen (secondary N) is 1. The smallest absolute Gasteiger partial charge is 0.256 e. The van der Waals surface area contributed by atoms with Gasteiger partial charge in [-0.3, -0.25) is 9.59 Å². The average molecular weight is 290 g/mol. The van der Waals surface area contributed by atoms with Crippen molar-refractivity contribution in [2.45, 2.75) is 6.42 Å². The maximum absolute atomic E-state index is 13.8. The summed E-state index contributed by atoms with van der Waals surface area (Å²) in [6, 6.07) is 3.98. The Morgan fingerprint density at radius 2 is 2.24 bits per heavy atom. The molecule has 0 aliphatic carbocycles. The van der Waals surface area contributed by atoms with Gasteiger partial charge in [0, 0.05) is 31.6 Å². The van der Waals surface area contributed by atoms with Crippen LogP contribution in [-0.4, -0.2) is 48.1 Å². The van der Waals surface area contributed by atoms with Crippen LogP contribution in [0, 0.1) is 17.7 Å². The van der Waals surface area contributed by atoms with E-state index in [1.165, 1.54) is 23.1 Å². The molecule has 1 aliphatic rings. The van der Waals surface area contributed by atoms with Gasteiger partial charge >= 0.3 is 0 Å². The van der Waals surface area contributed by atoms with Crippen LogP contribution in [0.2, 0.25) is 0 Å². The minimum absolute atomic E-state index is 0.0749. The molecule has 1 aliphatic heterocycles. The summed E-state index contributed by atoms with van der Waals surface area (Å²) in [6.07, 6.45) is 0.206. The maximum atomic E-state index is 13.8. The Kier molecular flexibility index (Phi) is 4.90. The van der Waals surface area contributed by atoms with E-state index in [1.54, 1.807) is 0 Å². The molecule has 2 amide bonds. The van der Waals surface area contributed by atoms with Gasteiger partial charge in [-0.2, -0.15) is 0 Å². The third-order valence-corrected chi connectivity index (χ3v) is 3.11. The number of rotatable bonds is 1. The molecule has 1 fully saturated rings. The molecule has 2 rings (SSSR count). The molecular weight excluding hydrogens is 275 g/mol. The average Bonchev–Trinajstić information content (AvgIpc) is 2.70. The topological polar surface area (TPSA) is 69.6 Å². The molecule has 0 saturated carbocycles. The van der Waals surface area contributed by atoms with Gasteiger partial charge in [-0.15, -0.1) is 0 Å². The Labute approximate surface area is 121 Å². The molecule has 0 bridgehead atoms. The molecule has 1 aromatic carbocycles. The van der Waals surface area contributed by atoms with Crippen LogP contribution in [0.4, 0.5) is 4.39 Å². The van der Waals surface area contributed by atoms with Crippen LogP contribution in [0.1, 0.15) is 22.3 Å². The fourth-order valence-corrected chi connectivity index (χ4v) is 2.05. The molecule has 1 aromatic rings. The zero-order valence-electron chi connectivity index (χ0n) is 11.4. The summed E-state index contributed by atoms with van der Waals surface area (Å²) < 4.78 is 13.8. The highest BCUT2D eigenvalue weighted by Crippen LogP contribution is 2.14. The zero-order valence-corrected chi connectivity index (χ0v) is 11.4. The number of aliphatic hydroxyl groups excluding tert-OH is 1. The highest BCUT2D eigenvalue weighted by atomic mass is 19.1. The van der Waals surface area contributed by atoms with Crippen LogP contribution in [0.15, 0.2) is 18.2 Å². The molecule has 1 saturated heterocycles. The van der Waals surface area contributed by atoms with E-state index in [4.69, 9.17) is 5.11 Å². The van der Waals surface area contributed by atoms with Crippen molar-refractivity contribution in [1.29, 1.82) is 0 Å². The fraction of sp³-hybridized carbons (Fsp3) is 0.333. The van der Waals surface area contributed by atoms with Crippen LogP contribution in [0.25, 0.3) is 0 Å². The van der Waals surface area contributed by atoms with E-state index in [-0.39, 0.29) is 31.0 Å². The monoisotopic (exact) mass is 290 g/mol. The molecule has 0 spiro atoms. The Morgan fingerprint density at radius 1 is 1.43 bits per heavy atom. The third-order valence-electron chi connectivity index (χ3n) is 3.11. The molecule has 1 heterocycles. The molecule has 21 heavy (non-hydrogen) atoms. The molecule has 6 heteroatoms. The predicted octanol–water partition coefficient (Wildman–Crippen LogP) is 0.132. The summed E-state index contributed by atoms with van der Waals surface area (Å²) in [5.74, 6) is 3.88. The normalized spacial score (nSPS) is 14.8. The van der Waals surface area contributed by atoms with Crippen molar-refractivity contribution < 1.29 is 19.1 Å². The first kappa shape index (κ1) is 15.0. The number of aliphatic hydroxyl groups is 1. The van der Waals surface area contributed by atoms with Crippen molar-refractivity contribution in [3.05, 3.63) is 35.1 Å². The third kappa shape index (κ3) is 3.80. The van der Waals surface area contributed by atoms with Crippen LogP contribution < -0.4 is 5.32 Å². The Morgan fingerprint density at radius 3 is 3.00 bits per heavy atom. The van der Waals surface area contributed by atoms with Crippen LogP contribution in [0.5, 0.6) is 0 Å². The van der Waals surface area contributed by atoms with Crippen LogP contribution in [0.3, 0.4) is 0 Å². The Hall–Kier alpha value is -2.39. The lowest BCUT2D eigenvalue weighted by molar-refractivity contribution is -0.120. The summed E-state index contributed by atoms with van der Waals surface area (Å²) in [4.78, 5) is 25.1. The van der Waals surface area contributed by atoms with Gasteiger partial charge in [-0.05, 0) is 18.2 Å². The van der Waals surface area contributed by atoms with E-state index < -0.39 is 11.7 Å². The number of carbonyl (C=O) groups excluding carboxylic acids is 2. The number of hydrogen-bond acceptors (Lipinski definition) is 3. The standard InChI is InChI=1S/C15H15FN2O3/c16-13-4-3-11(2-1-9-19)10-12(13)15(21)18-7-5-14(20)17-6-8-18/h3-4,10,19H,5-9H2,(H,17,20). The van der Waals surface area contributed by atoms with E-state index in [9.17, 15) is 14.0 Å². The van der Waals surface area contributed by atoms with Gasteiger partial charge in [0.25, 0.3) is 5.91 Å². The van der Waals surface area contributed by atoms with E-state index in [1.807, 2.05) is 0 Å². The molecule has 5 nitrogen and oxygen atoms in total. The van der Waals surface area contributed by atoms with Crippen molar-refractivity contribution >= 4 is 11.8 Å². The van der Waals surface area contributed by atoms with E-state index >= 15 is 0 Å². The summed E-state index contributed by atoms with van der Waals surface area (Å²) in [5, 5.41) is 11.3. The zero-order chi connectivity index (χ0) is 15.2. The van der Waals surface area contributed by atoms with Gasteiger partial charge in [0.05, 0.1) is 5.56 Å². The molecule has 0 unspecified atom stereocenters. The van der Waals surface area contributed by atoms with E-state index in [0.29, 0.717) is 18.7 Å². The largest absolute Gasteiger partial charge is 0.384 e. The van der Waals surface area contributed by atoms with Gasteiger partial charge in [-0.1, -0.05) is 11.8 Å². The fourth-order valence-electron chi connectivity index (χ4n) is 2.05. The first-order valence-electron chi connectivity index (χ1n) is 6.57. The van der Waals surface area contributed by atoms with Crippen molar-refractivity contribution in [2.24, 2.45) is 0 Å². The molecule has 0 aromatic heterocycles. The lowest BCUT2D eigenvalue weighted by Gasteiger charge is -2.19. The summed E-state index contributed by atoms with van der Waals surface area (Å²) in [7, 11) is 0. The number of hydrogen-bond donors (Lipinski definition) is 2. The van der Waals surface area contributed by atoms with Crippen molar-refractivity contribution in [2.75, 3.05) is 26.2 Å². The number of amides is 2. The summed E-state index contributed by atoms with van der Waals surface area (Å²) >= 11 is 0. The second-order valence-electron chi connectivity index (χ2n) is 4.55. The van der Waals surface area contributed by atoms with Crippen LogP contribution >= 0.6 is 0 Å². The highest BCUT2D eigenvalue weighted by molar-refractivity contribution is 5.95. The number of halogens is 1. The molecular formula is C15H15FN2O3. The summed E-state index contributed by atoms with van der Waals surface area (Å²) in [5.41, 5.74) is 0.381. The predicted molar refractivity (Wildman–Crippen MR) is 73.9 cm³/mol. The van der Waals surface area contributed by atoms with Crippen LogP contribution in [-0.2, 0) is 4.79 Å². The Bertz CT molecular complexity index is 619. The van der Waals surface area contributed by atoms with Gasteiger partial charge < -0.3 is 15.3 Å². The number of benzene rings is 1. The minimum Gasteiger partial charge on any atom is -0.384 e. The maximum Gasteiger partial charge on any atom is 0.256 e. The van der Waals surface area contributed by atoms with Crippen molar-refractivity contribution in [3.63, 3.8) is 0 Å². The number of carbonyl (C=O) groups is 2. The second-order valence-corrected chi connectivity index (χ2v) is 4.55. The molecule has 2 N–H and O–H groups in total. The van der Waals surface area contributed by atoms with Gasteiger partial charge in [0.2, 0.25) is 5.91 Å². The first-order chi connectivity index (χ1) is 10.1. The lowest BCUT2D eigenvalue weighted by atomic mass is 10.1. The van der Waals surface area contributed by atoms with Gasteiger partial charge in [0.1, 0.15) is 12.4 Å². The van der Waals surface area contributed by atoms with Crippen molar-refractivity contribution in [3.8, 4) is 11.8 Å². The van der Waals surface area contributed by atoms with E-state index in [2.05, 4.69) is 17.2 Å². The lowest BCUT2D eigenvalue weighted by Crippen LogP contribution is -2.34. The highest BCUT2D eigenvalue weighted by Gasteiger charge is 2.22. The molecule has 0 radical (unpaired) electrons. The second kappa shape index (κ2) is 6.86.